The van der Waals surface area contributed by atoms with Crippen molar-refractivity contribution >= 4 is 57.5 Å². The van der Waals surface area contributed by atoms with Crippen molar-refractivity contribution in [1.29, 1.82) is 0 Å². The number of carbonyl (C=O) groups is 2. The highest BCUT2D eigenvalue weighted by Gasteiger charge is 2.13. The van der Waals surface area contributed by atoms with Crippen LogP contribution in [0.5, 0.6) is 0 Å². The topological polar surface area (TPSA) is 71.1 Å². The molecule has 0 bridgehead atoms. The quantitative estimate of drug-likeness (QED) is 0.509. The Bertz CT molecular complexity index is 1000. The van der Waals surface area contributed by atoms with Crippen LogP contribution in [-0.2, 0) is 4.79 Å². The van der Waals surface area contributed by atoms with Crippen molar-refractivity contribution in [1.82, 2.24) is 4.98 Å². The van der Waals surface area contributed by atoms with Gasteiger partial charge in [-0.2, -0.15) is 0 Å². The van der Waals surface area contributed by atoms with Gasteiger partial charge in [0.2, 0.25) is 5.91 Å². The molecule has 1 heterocycles. The molecule has 3 rings (SSSR count). The lowest BCUT2D eigenvalue weighted by Crippen LogP contribution is -2.13. The summed E-state index contributed by atoms with van der Waals surface area (Å²) in [7, 11) is 0. The summed E-state index contributed by atoms with van der Waals surface area (Å²) < 4.78 is 0. The Kier molecular flexibility index (Phi) is 6.77. The van der Waals surface area contributed by atoms with Crippen molar-refractivity contribution in [3.05, 3.63) is 53.4 Å². The number of thiazole rings is 1. The Morgan fingerprint density at radius 1 is 1.00 bits per heavy atom. The molecule has 1 aromatic heterocycles. The molecule has 28 heavy (non-hydrogen) atoms. The number of anilines is 2. The first-order valence-electron chi connectivity index (χ1n) is 8.37. The fourth-order valence-electron chi connectivity index (χ4n) is 2.52. The molecule has 0 radical (unpaired) electrons. The third kappa shape index (κ3) is 4.95. The number of amides is 2. The van der Waals surface area contributed by atoms with Crippen molar-refractivity contribution in [3.8, 4) is 11.3 Å². The molecule has 144 valence electrons. The van der Waals surface area contributed by atoms with Crippen LogP contribution in [0.1, 0.15) is 17.3 Å². The van der Waals surface area contributed by atoms with Crippen molar-refractivity contribution in [3.63, 3.8) is 0 Å². The summed E-state index contributed by atoms with van der Waals surface area (Å²) in [6, 6.07) is 13.4. The number of carbonyl (C=O) groups excluding carboxylic acids is 2. The molecular weight excluding hydrogens is 410 g/mol. The van der Waals surface area contributed by atoms with Gasteiger partial charge in [-0.15, -0.1) is 34.9 Å². The lowest BCUT2D eigenvalue weighted by atomic mass is 10.2. The molecule has 8 heteroatoms. The Morgan fingerprint density at radius 2 is 1.75 bits per heavy atom. The third-order valence-corrected chi connectivity index (χ3v) is 6.16. The fraction of sp³-hybridized carbons (Fsp3) is 0.150. The predicted octanol–water partition coefficient (Wildman–Crippen LogP) is 5.46. The molecule has 0 spiro atoms. The summed E-state index contributed by atoms with van der Waals surface area (Å²) in [5.74, 6) is -0.378. The van der Waals surface area contributed by atoms with Crippen LogP contribution in [0, 0.1) is 0 Å². The Morgan fingerprint density at radius 3 is 2.39 bits per heavy atom. The zero-order valence-corrected chi connectivity index (χ0v) is 18.1. The Hall–Kier alpha value is -2.29. The first-order valence-corrected chi connectivity index (χ1v) is 11.7. The van der Waals surface area contributed by atoms with E-state index in [9.17, 15) is 9.59 Å². The fourth-order valence-corrected chi connectivity index (χ4v) is 4.23. The molecule has 2 N–H and O–H groups in total. The van der Waals surface area contributed by atoms with E-state index in [1.807, 2.05) is 30.0 Å². The number of benzene rings is 2. The number of aromatic nitrogens is 1. The second-order valence-electron chi connectivity index (χ2n) is 5.82. The van der Waals surface area contributed by atoms with Crippen LogP contribution in [-0.4, -0.2) is 29.3 Å². The average molecular weight is 430 g/mol. The van der Waals surface area contributed by atoms with E-state index in [1.165, 1.54) is 34.9 Å². The minimum atomic E-state index is -0.233. The molecule has 2 aromatic carbocycles. The van der Waals surface area contributed by atoms with Crippen molar-refractivity contribution in [2.45, 2.75) is 16.7 Å². The summed E-state index contributed by atoms with van der Waals surface area (Å²) in [5.41, 5.74) is 3.05. The van der Waals surface area contributed by atoms with Gasteiger partial charge in [-0.3, -0.25) is 14.9 Å². The van der Waals surface area contributed by atoms with Gasteiger partial charge in [0.1, 0.15) is 0 Å². The van der Waals surface area contributed by atoms with E-state index in [-0.39, 0.29) is 11.8 Å². The second kappa shape index (κ2) is 9.27. The summed E-state index contributed by atoms with van der Waals surface area (Å²) in [4.78, 5) is 30.4. The van der Waals surface area contributed by atoms with Crippen LogP contribution >= 0.6 is 34.9 Å². The van der Waals surface area contributed by atoms with E-state index in [2.05, 4.69) is 27.8 Å². The van der Waals surface area contributed by atoms with Crippen LogP contribution in [0.4, 0.5) is 10.8 Å². The highest BCUT2D eigenvalue weighted by molar-refractivity contribution is 7.99. The average Bonchev–Trinajstić information content (AvgIpc) is 3.16. The molecule has 0 saturated carbocycles. The molecule has 0 saturated heterocycles. The second-order valence-corrected chi connectivity index (χ2v) is 8.40. The molecule has 0 unspecified atom stereocenters. The molecule has 0 aliphatic carbocycles. The van der Waals surface area contributed by atoms with Crippen molar-refractivity contribution < 1.29 is 9.59 Å². The largest absolute Gasteiger partial charge is 0.325 e. The molecule has 0 fully saturated rings. The first kappa shape index (κ1) is 20.4. The predicted molar refractivity (Wildman–Crippen MR) is 120 cm³/mol. The maximum Gasteiger partial charge on any atom is 0.257 e. The number of hydrogen-bond donors (Lipinski definition) is 2. The molecular formula is C20H19N3O2S3. The van der Waals surface area contributed by atoms with Crippen LogP contribution in [0.25, 0.3) is 11.3 Å². The molecule has 0 atom stereocenters. The molecule has 3 aromatic rings. The highest BCUT2D eigenvalue weighted by atomic mass is 32.2. The minimum Gasteiger partial charge on any atom is -0.325 e. The summed E-state index contributed by atoms with van der Waals surface area (Å²) in [5, 5.41) is 8.09. The van der Waals surface area contributed by atoms with E-state index in [0.717, 1.165) is 16.2 Å². The van der Waals surface area contributed by atoms with E-state index in [1.54, 1.807) is 30.0 Å². The maximum absolute atomic E-state index is 12.6. The van der Waals surface area contributed by atoms with E-state index >= 15 is 0 Å². The standard InChI is InChI=1S/C20H19N3O2S3/c1-12(24)21-16-9-6-14(10-18(16)27-3)19(25)23-20-22-17(11-28-20)13-4-7-15(26-2)8-5-13/h4-11H,1-3H3,(H,21,24)(H,22,23,25). The number of rotatable bonds is 6. The molecule has 0 aliphatic heterocycles. The molecule has 0 aliphatic rings. The monoisotopic (exact) mass is 429 g/mol. The zero-order valence-electron chi connectivity index (χ0n) is 15.6. The number of nitrogens with zero attached hydrogens (tertiary/aromatic N) is 1. The lowest BCUT2D eigenvalue weighted by Gasteiger charge is -2.10. The Labute approximate surface area is 176 Å². The van der Waals surface area contributed by atoms with E-state index < -0.39 is 0 Å². The van der Waals surface area contributed by atoms with Crippen molar-refractivity contribution in [2.75, 3.05) is 23.1 Å². The smallest absolute Gasteiger partial charge is 0.257 e. The summed E-state index contributed by atoms with van der Waals surface area (Å²) >= 11 is 4.55. The third-order valence-electron chi connectivity index (χ3n) is 3.88. The highest BCUT2D eigenvalue weighted by Crippen LogP contribution is 2.29. The Balaban J connectivity index is 1.74. The van der Waals surface area contributed by atoms with Gasteiger partial charge in [-0.05, 0) is 42.8 Å². The minimum absolute atomic E-state index is 0.145. The van der Waals surface area contributed by atoms with Crippen LogP contribution in [0.15, 0.2) is 57.6 Å². The van der Waals surface area contributed by atoms with Gasteiger partial charge >= 0.3 is 0 Å². The van der Waals surface area contributed by atoms with Gasteiger partial charge in [-0.25, -0.2) is 4.98 Å². The van der Waals surface area contributed by atoms with Crippen molar-refractivity contribution in [2.24, 2.45) is 0 Å². The number of hydrogen-bond acceptors (Lipinski definition) is 6. The van der Waals surface area contributed by atoms with Gasteiger partial charge in [0.05, 0.1) is 11.4 Å². The van der Waals surface area contributed by atoms with Gasteiger partial charge in [0.15, 0.2) is 5.13 Å². The lowest BCUT2D eigenvalue weighted by molar-refractivity contribution is -0.114. The number of nitrogens with one attached hydrogen (secondary N) is 2. The van der Waals surface area contributed by atoms with Crippen LogP contribution in [0.2, 0.25) is 0 Å². The van der Waals surface area contributed by atoms with Gasteiger partial charge in [-0.1, -0.05) is 12.1 Å². The van der Waals surface area contributed by atoms with Gasteiger partial charge < -0.3 is 5.32 Å². The van der Waals surface area contributed by atoms with Gasteiger partial charge in [0, 0.05) is 33.2 Å². The van der Waals surface area contributed by atoms with Crippen LogP contribution < -0.4 is 10.6 Å². The maximum atomic E-state index is 12.6. The first-order chi connectivity index (χ1) is 13.5. The number of thioether (sulfide) groups is 2. The van der Waals surface area contributed by atoms with E-state index in [0.29, 0.717) is 16.4 Å². The SMILES string of the molecule is CSc1ccc(-c2csc(NC(=O)c3ccc(NC(C)=O)c(SC)c3)n2)cc1. The molecule has 2 amide bonds. The molecule has 5 nitrogen and oxygen atoms in total. The van der Waals surface area contributed by atoms with Gasteiger partial charge in [0.25, 0.3) is 5.91 Å². The summed E-state index contributed by atoms with van der Waals surface area (Å²) in [6.07, 6.45) is 3.94. The zero-order chi connectivity index (χ0) is 20.1. The van der Waals surface area contributed by atoms with E-state index in [4.69, 9.17) is 0 Å². The summed E-state index contributed by atoms with van der Waals surface area (Å²) in [6.45, 7) is 1.46. The van der Waals surface area contributed by atoms with Crippen LogP contribution in [0.3, 0.4) is 0 Å². The normalized spacial score (nSPS) is 10.5.